The molecular weight excluding hydrogens is 272 g/mol. The van der Waals surface area contributed by atoms with Crippen molar-refractivity contribution in [2.75, 3.05) is 7.11 Å². The van der Waals surface area contributed by atoms with Crippen LogP contribution in [0.5, 0.6) is 5.75 Å². The predicted molar refractivity (Wildman–Crippen MR) is 89.9 cm³/mol. The summed E-state index contributed by atoms with van der Waals surface area (Å²) in [6.45, 7) is 2.11. The fourth-order valence-corrected chi connectivity index (χ4v) is 2.97. The molecule has 0 N–H and O–H groups in total. The Bertz CT molecular complexity index is 971. The van der Waals surface area contributed by atoms with Crippen LogP contribution in [0.2, 0.25) is 0 Å². The molecule has 0 bridgehead atoms. The van der Waals surface area contributed by atoms with Crippen molar-refractivity contribution in [2.45, 2.75) is 6.92 Å². The summed E-state index contributed by atoms with van der Waals surface area (Å²) < 4.78 is 7.59. The van der Waals surface area contributed by atoms with Crippen molar-refractivity contribution in [3.63, 3.8) is 0 Å². The first-order chi connectivity index (χ1) is 10.8. The SMILES string of the molecule is COc1ccc2c3ccc(C)cc3n(-c3ccccn3)c2c1. The molecule has 0 fully saturated rings. The van der Waals surface area contributed by atoms with Crippen molar-refractivity contribution >= 4 is 21.8 Å². The molecule has 3 heteroatoms. The van der Waals surface area contributed by atoms with Crippen LogP contribution in [-0.2, 0) is 0 Å². The van der Waals surface area contributed by atoms with E-state index in [0.29, 0.717) is 0 Å². The van der Waals surface area contributed by atoms with Gasteiger partial charge in [0.25, 0.3) is 0 Å². The number of rotatable bonds is 2. The van der Waals surface area contributed by atoms with Crippen LogP contribution in [0.4, 0.5) is 0 Å². The quantitative estimate of drug-likeness (QED) is 0.543. The van der Waals surface area contributed by atoms with Crippen molar-refractivity contribution in [3.05, 3.63) is 66.4 Å². The third kappa shape index (κ3) is 1.86. The lowest BCUT2D eigenvalue weighted by Gasteiger charge is -2.07. The highest BCUT2D eigenvalue weighted by molar-refractivity contribution is 6.09. The maximum Gasteiger partial charge on any atom is 0.137 e. The first-order valence-corrected chi connectivity index (χ1v) is 7.28. The summed E-state index contributed by atoms with van der Waals surface area (Å²) in [5.74, 6) is 1.77. The van der Waals surface area contributed by atoms with Crippen molar-refractivity contribution in [3.8, 4) is 11.6 Å². The first kappa shape index (κ1) is 12.9. The summed E-state index contributed by atoms with van der Waals surface area (Å²) in [7, 11) is 1.69. The molecule has 2 aromatic heterocycles. The van der Waals surface area contributed by atoms with Crippen molar-refractivity contribution < 1.29 is 4.74 Å². The predicted octanol–water partition coefficient (Wildman–Crippen LogP) is 4.50. The minimum atomic E-state index is 0.851. The summed E-state index contributed by atoms with van der Waals surface area (Å²) in [5, 5.41) is 2.44. The van der Waals surface area contributed by atoms with Crippen molar-refractivity contribution in [2.24, 2.45) is 0 Å². The molecule has 4 rings (SSSR count). The van der Waals surface area contributed by atoms with Crippen LogP contribution in [0.1, 0.15) is 5.56 Å². The lowest BCUT2D eigenvalue weighted by Crippen LogP contribution is -1.96. The molecule has 0 unspecified atom stereocenters. The van der Waals surface area contributed by atoms with Gasteiger partial charge in [0.2, 0.25) is 0 Å². The molecule has 0 spiro atoms. The fourth-order valence-electron chi connectivity index (χ4n) is 2.97. The highest BCUT2D eigenvalue weighted by Crippen LogP contribution is 2.33. The van der Waals surface area contributed by atoms with E-state index in [2.05, 4.69) is 46.8 Å². The number of methoxy groups -OCH3 is 1. The van der Waals surface area contributed by atoms with Crippen LogP contribution in [0.15, 0.2) is 60.8 Å². The van der Waals surface area contributed by atoms with Gasteiger partial charge in [0, 0.05) is 23.0 Å². The zero-order valence-electron chi connectivity index (χ0n) is 12.6. The number of pyridine rings is 1. The lowest BCUT2D eigenvalue weighted by molar-refractivity contribution is 0.415. The number of fused-ring (bicyclic) bond motifs is 3. The van der Waals surface area contributed by atoms with Crippen LogP contribution >= 0.6 is 0 Å². The van der Waals surface area contributed by atoms with Gasteiger partial charge in [-0.25, -0.2) is 4.98 Å². The summed E-state index contributed by atoms with van der Waals surface area (Å²) in [4.78, 5) is 4.53. The fraction of sp³-hybridized carbons (Fsp3) is 0.105. The molecule has 0 amide bonds. The van der Waals surface area contributed by atoms with Crippen LogP contribution in [-0.4, -0.2) is 16.7 Å². The van der Waals surface area contributed by atoms with Gasteiger partial charge in [0.15, 0.2) is 0 Å². The summed E-state index contributed by atoms with van der Waals surface area (Å²) in [5.41, 5.74) is 3.51. The van der Waals surface area contributed by atoms with Gasteiger partial charge in [-0.2, -0.15) is 0 Å². The van der Waals surface area contributed by atoms with E-state index in [4.69, 9.17) is 4.74 Å². The molecule has 22 heavy (non-hydrogen) atoms. The summed E-state index contributed by atoms with van der Waals surface area (Å²) >= 11 is 0. The monoisotopic (exact) mass is 288 g/mol. The van der Waals surface area contributed by atoms with Gasteiger partial charge < -0.3 is 4.74 Å². The Labute approximate surface area is 128 Å². The van der Waals surface area contributed by atoms with E-state index < -0.39 is 0 Å². The number of benzene rings is 2. The average molecular weight is 288 g/mol. The number of ether oxygens (including phenoxy) is 1. The zero-order valence-corrected chi connectivity index (χ0v) is 12.6. The molecule has 2 aromatic carbocycles. The Balaban J connectivity index is 2.20. The normalized spacial score (nSPS) is 11.2. The Hall–Kier alpha value is -2.81. The third-order valence-electron chi connectivity index (χ3n) is 4.01. The second-order valence-corrected chi connectivity index (χ2v) is 5.43. The largest absolute Gasteiger partial charge is 0.497 e. The number of aromatic nitrogens is 2. The van der Waals surface area contributed by atoms with Gasteiger partial charge >= 0.3 is 0 Å². The Morgan fingerprint density at radius 1 is 0.909 bits per heavy atom. The molecule has 0 radical (unpaired) electrons. The van der Waals surface area contributed by atoms with Gasteiger partial charge in [-0.3, -0.25) is 4.57 Å². The topological polar surface area (TPSA) is 27.1 Å². The molecule has 2 heterocycles. The highest BCUT2D eigenvalue weighted by atomic mass is 16.5. The smallest absolute Gasteiger partial charge is 0.137 e. The third-order valence-corrected chi connectivity index (χ3v) is 4.01. The van der Waals surface area contributed by atoms with E-state index in [1.54, 1.807) is 7.11 Å². The Morgan fingerprint density at radius 2 is 1.68 bits per heavy atom. The number of hydrogen-bond acceptors (Lipinski definition) is 2. The molecule has 0 atom stereocenters. The Kier molecular flexibility index (Phi) is 2.86. The lowest BCUT2D eigenvalue weighted by atomic mass is 10.1. The molecule has 4 aromatic rings. The van der Waals surface area contributed by atoms with E-state index in [0.717, 1.165) is 17.1 Å². The van der Waals surface area contributed by atoms with Gasteiger partial charge in [0.1, 0.15) is 11.6 Å². The van der Waals surface area contributed by atoms with Crippen LogP contribution in [0.25, 0.3) is 27.6 Å². The second-order valence-electron chi connectivity index (χ2n) is 5.43. The number of hydrogen-bond donors (Lipinski definition) is 0. The molecule has 3 nitrogen and oxygen atoms in total. The molecule has 0 aliphatic heterocycles. The van der Waals surface area contributed by atoms with E-state index >= 15 is 0 Å². The van der Waals surface area contributed by atoms with Crippen LogP contribution in [0, 0.1) is 6.92 Å². The highest BCUT2D eigenvalue weighted by Gasteiger charge is 2.13. The average Bonchev–Trinajstić information content (AvgIpc) is 2.88. The molecule has 108 valence electrons. The summed E-state index contributed by atoms with van der Waals surface area (Å²) in [6, 6.07) is 18.7. The van der Waals surface area contributed by atoms with E-state index in [9.17, 15) is 0 Å². The maximum atomic E-state index is 5.40. The van der Waals surface area contributed by atoms with Crippen molar-refractivity contribution in [1.82, 2.24) is 9.55 Å². The zero-order chi connectivity index (χ0) is 15.1. The standard InChI is InChI=1S/C19H16N2O/c1-13-6-8-15-16-9-7-14(22-2)12-18(16)21(17(15)11-13)19-5-3-4-10-20-19/h3-12H,1-2H3. The van der Waals surface area contributed by atoms with Gasteiger partial charge in [0.05, 0.1) is 18.1 Å². The molecule has 0 aliphatic carbocycles. The number of nitrogens with zero attached hydrogens (tertiary/aromatic N) is 2. The molecular formula is C19H16N2O. The van der Waals surface area contributed by atoms with Gasteiger partial charge in [-0.05, 0) is 42.8 Å². The second kappa shape index (κ2) is 4.88. The number of aryl methyl sites for hydroxylation is 1. The van der Waals surface area contributed by atoms with Gasteiger partial charge in [-0.1, -0.05) is 18.2 Å². The van der Waals surface area contributed by atoms with E-state index in [-0.39, 0.29) is 0 Å². The van der Waals surface area contributed by atoms with E-state index in [1.807, 2.05) is 30.5 Å². The van der Waals surface area contributed by atoms with Crippen LogP contribution < -0.4 is 4.74 Å². The molecule has 0 saturated carbocycles. The summed E-state index contributed by atoms with van der Waals surface area (Å²) in [6.07, 6.45) is 1.82. The van der Waals surface area contributed by atoms with Crippen LogP contribution in [0.3, 0.4) is 0 Å². The van der Waals surface area contributed by atoms with E-state index in [1.165, 1.54) is 21.9 Å². The maximum absolute atomic E-state index is 5.40. The van der Waals surface area contributed by atoms with Gasteiger partial charge in [-0.15, -0.1) is 0 Å². The first-order valence-electron chi connectivity index (χ1n) is 7.28. The molecule has 0 saturated heterocycles. The Morgan fingerprint density at radius 3 is 2.41 bits per heavy atom. The minimum absolute atomic E-state index is 0.851. The minimum Gasteiger partial charge on any atom is -0.497 e. The van der Waals surface area contributed by atoms with Crippen molar-refractivity contribution in [1.29, 1.82) is 0 Å². The molecule has 0 aliphatic rings.